The molecule has 1 heterocycles. The normalized spacial score (nSPS) is 14.3. The second-order valence-electron chi connectivity index (χ2n) is 6.46. The highest BCUT2D eigenvalue weighted by molar-refractivity contribution is 7.95. The molecule has 3 rings (SSSR count). The quantitative estimate of drug-likeness (QED) is 0.652. The molecule has 0 fully saturated rings. The summed E-state index contributed by atoms with van der Waals surface area (Å²) in [6.45, 7) is 1.95. The minimum Gasteiger partial charge on any atom is -0.318 e. The third-order valence-corrected chi connectivity index (χ3v) is 6.27. The first kappa shape index (κ1) is 26.3. The van der Waals surface area contributed by atoms with Crippen LogP contribution in [0.5, 0.6) is 0 Å². The van der Waals surface area contributed by atoms with Crippen molar-refractivity contribution < 1.29 is 21.6 Å². The summed E-state index contributed by atoms with van der Waals surface area (Å²) in [5, 5.41) is 3.01. The fourth-order valence-electron chi connectivity index (χ4n) is 3.07. The number of hydrogen-bond acceptors (Lipinski definition) is 4. The lowest BCUT2D eigenvalue weighted by Crippen LogP contribution is -2.41. The van der Waals surface area contributed by atoms with Gasteiger partial charge in [0.05, 0.1) is 11.4 Å². The summed E-state index contributed by atoms with van der Waals surface area (Å²) in [4.78, 5) is 1.94. The van der Waals surface area contributed by atoms with Crippen LogP contribution in [0.3, 0.4) is 0 Å². The molecule has 0 radical (unpaired) electrons. The van der Waals surface area contributed by atoms with Gasteiger partial charge in [0.2, 0.25) is 0 Å². The maximum absolute atomic E-state index is 14.4. The van der Waals surface area contributed by atoms with Gasteiger partial charge in [-0.25, -0.2) is 21.8 Å². The van der Waals surface area contributed by atoms with Crippen LogP contribution in [0.15, 0.2) is 36.4 Å². The van der Waals surface area contributed by atoms with Crippen molar-refractivity contribution in [3.8, 4) is 0 Å². The van der Waals surface area contributed by atoms with Crippen molar-refractivity contribution in [2.75, 3.05) is 48.9 Å². The third-order valence-electron chi connectivity index (χ3n) is 4.49. The van der Waals surface area contributed by atoms with Crippen LogP contribution in [0, 0.1) is 17.5 Å². The van der Waals surface area contributed by atoms with Gasteiger partial charge in [-0.3, -0.25) is 0 Å². The van der Waals surface area contributed by atoms with Crippen molar-refractivity contribution >= 4 is 52.1 Å². The first-order valence-corrected chi connectivity index (χ1v) is 10.1. The number of halogens is 5. The molecule has 0 unspecified atom stereocenters. The lowest BCUT2D eigenvalue weighted by Gasteiger charge is -2.24. The van der Waals surface area contributed by atoms with E-state index in [1.165, 1.54) is 6.07 Å². The Hall–Kier alpha value is -1.72. The predicted molar refractivity (Wildman–Crippen MR) is 117 cm³/mol. The van der Waals surface area contributed by atoms with E-state index in [0.29, 0.717) is 35.2 Å². The van der Waals surface area contributed by atoms with E-state index in [1.807, 2.05) is 19.0 Å². The summed E-state index contributed by atoms with van der Waals surface area (Å²) in [5.74, 6) is -3.70. The molecular weight excluding hydrogens is 464 g/mol. The van der Waals surface area contributed by atoms with Crippen LogP contribution in [0.2, 0.25) is 0 Å². The molecule has 2 aromatic carbocycles. The van der Waals surface area contributed by atoms with E-state index in [2.05, 4.69) is 5.32 Å². The van der Waals surface area contributed by atoms with E-state index < -0.39 is 33.3 Å². The number of anilines is 3. The van der Waals surface area contributed by atoms with Crippen LogP contribution in [0.4, 0.5) is 30.2 Å². The summed E-state index contributed by atoms with van der Waals surface area (Å²) in [6, 6.07) is 7.17. The van der Waals surface area contributed by atoms with Crippen molar-refractivity contribution in [2.24, 2.45) is 0 Å². The third kappa shape index (κ3) is 4.94. The van der Waals surface area contributed by atoms with Crippen molar-refractivity contribution in [1.82, 2.24) is 10.2 Å². The molecule has 1 aliphatic heterocycles. The summed E-state index contributed by atoms with van der Waals surface area (Å²) in [7, 11) is -0.624. The number of benzene rings is 2. The Bertz CT molecular complexity index is 959. The lowest BCUT2D eigenvalue weighted by atomic mass is 10.2. The molecule has 0 aliphatic carbocycles. The molecule has 0 spiro atoms. The van der Waals surface area contributed by atoms with Crippen LogP contribution in [0.25, 0.3) is 0 Å². The van der Waals surface area contributed by atoms with E-state index in [1.54, 1.807) is 18.2 Å². The van der Waals surface area contributed by atoms with E-state index in [4.69, 9.17) is 0 Å². The van der Waals surface area contributed by atoms with Gasteiger partial charge in [-0.1, -0.05) is 12.1 Å². The van der Waals surface area contributed by atoms with E-state index >= 15 is 0 Å². The number of rotatable bonds is 7. The van der Waals surface area contributed by atoms with Crippen molar-refractivity contribution in [2.45, 2.75) is 0 Å². The molecule has 0 saturated heterocycles. The van der Waals surface area contributed by atoms with Gasteiger partial charge >= 0.3 is 10.2 Å². The molecule has 1 aliphatic rings. The maximum atomic E-state index is 14.4. The van der Waals surface area contributed by atoms with Gasteiger partial charge in [0, 0.05) is 38.3 Å². The van der Waals surface area contributed by atoms with Crippen LogP contribution in [0.1, 0.15) is 0 Å². The average molecular weight is 487 g/mol. The molecular formula is C18H23Cl2F3N4O2S. The largest absolute Gasteiger partial charge is 0.331 e. The predicted octanol–water partition coefficient (Wildman–Crippen LogP) is 3.30. The Morgan fingerprint density at radius 3 is 2.13 bits per heavy atom. The molecule has 6 nitrogen and oxygen atoms in total. The zero-order valence-corrected chi connectivity index (χ0v) is 18.8. The SMILES string of the molecule is CNCCN(C)CCN1c2ccccc2N(c2c(F)cc(F)cc2F)S1(=O)=O.Cl.Cl. The zero-order valence-electron chi connectivity index (χ0n) is 16.3. The van der Waals surface area contributed by atoms with E-state index in [0.717, 1.165) is 10.8 Å². The molecule has 0 aromatic heterocycles. The number of nitrogens with one attached hydrogen (secondary N) is 1. The van der Waals surface area contributed by atoms with E-state index in [-0.39, 0.29) is 37.0 Å². The highest BCUT2D eigenvalue weighted by Gasteiger charge is 2.43. The van der Waals surface area contributed by atoms with Gasteiger partial charge < -0.3 is 10.2 Å². The van der Waals surface area contributed by atoms with Crippen molar-refractivity contribution in [3.63, 3.8) is 0 Å². The minimum absolute atomic E-state index is 0. The minimum atomic E-state index is -4.29. The molecule has 1 N–H and O–H groups in total. The average Bonchev–Trinajstić information content (AvgIpc) is 2.84. The summed E-state index contributed by atoms with van der Waals surface area (Å²) in [6.07, 6.45) is 0. The van der Waals surface area contributed by atoms with Crippen LogP contribution in [-0.2, 0) is 10.2 Å². The highest BCUT2D eigenvalue weighted by Crippen LogP contribution is 2.46. The summed E-state index contributed by atoms with van der Waals surface area (Å²) >= 11 is 0. The fraction of sp³-hybridized carbons (Fsp3) is 0.333. The van der Waals surface area contributed by atoms with Crippen LogP contribution < -0.4 is 13.9 Å². The second kappa shape index (κ2) is 10.5. The Labute approximate surface area is 186 Å². The molecule has 0 amide bonds. The lowest BCUT2D eigenvalue weighted by molar-refractivity contribution is 0.345. The standard InChI is InChI=1S/C18H21F3N4O2S.2ClH/c1-22-7-8-23(2)9-10-24-16-5-3-4-6-17(16)25(28(24,26)27)18-14(20)11-13(19)12-15(18)21;;/h3-6,11-12,22H,7-10H2,1-2H3;2*1H. The second-order valence-corrected chi connectivity index (χ2v) is 8.16. The Morgan fingerprint density at radius 1 is 1.00 bits per heavy atom. The van der Waals surface area contributed by atoms with Crippen molar-refractivity contribution in [3.05, 3.63) is 53.8 Å². The number of hydrogen-bond donors (Lipinski definition) is 1. The monoisotopic (exact) mass is 486 g/mol. The summed E-state index contributed by atoms with van der Waals surface area (Å²) < 4.78 is 70.1. The Kier molecular flexibility index (Phi) is 9.25. The molecule has 168 valence electrons. The van der Waals surface area contributed by atoms with Crippen molar-refractivity contribution in [1.29, 1.82) is 0 Å². The molecule has 0 bridgehead atoms. The van der Waals surface area contributed by atoms with Gasteiger partial charge in [0.1, 0.15) is 11.5 Å². The Morgan fingerprint density at radius 2 is 1.57 bits per heavy atom. The fourth-order valence-corrected chi connectivity index (χ4v) is 4.79. The number of fused-ring (bicyclic) bond motifs is 1. The van der Waals surface area contributed by atoms with Gasteiger partial charge in [-0.2, -0.15) is 8.42 Å². The smallest absolute Gasteiger partial charge is 0.318 e. The molecule has 30 heavy (non-hydrogen) atoms. The Balaban J connectivity index is 0.00000225. The zero-order chi connectivity index (χ0) is 20.5. The number of likely N-dealkylation sites (N-methyl/N-ethyl adjacent to an activating group) is 2. The maximum Gasteiger partial charge on any atom is 0.331 e. The van der Waals surface area contributed by atoms with Gasteiger partial charge in [0.15, 0.2) is 11.6 Å². The molecule has 0 atom stereocenters. The summed E-state index contributed by atoms with van der Waals surface area (Å²) in [5.41, 5.74) is -0.391. The first-order chi connectivity index (χ1) is 13.3. The highest BCUT2D eigenvalue weighted by atomic mass is 35.5. The molecule has 2 aromatic rings. The first-order valence-electron chi connectivity index (χ1n) is 8.67. The molecule has 0 saturated carbocycles. The van der Waals surface area contributed by atoms with Crippen LogP contribution >= 0.6 is 24.8 Å². The van der Waals surface area contributed by atoms with Crippen LogP contribution in [-0.4, -0.2) is 53.6 Å². The van der Waals surface area contributed by atoms with Gasteiger partial charge in [0.25, 0.3) is 0 Å². The van der Waals surface area contributed by atoms with Gasteiger partial charge in [-0.05, 0) is 26.2 Å². The number of para-hydroxylation sites is 2. The van der Waals surface area contributed by atoms with E-state index in [9.17, 15) is 21.6 Å². The van der Waals surface area contributed by atoms with Gasteiger partial charge in [-0.15, -0.1) is 24.8 Å². The molecule has 12 heteroatoms. The topological polar surface area (TPSA) is 55.9 Å². The number of nitrogens with zero attached hydrogens (tertiary/aromatic N) is 3.